The Morgan fingerprint density at radius 1 is 1.38 bits per heavy atom. The zero-order valence-corrected chi connectivity index (χ0v) is 18.8. The number of benzene rings is 1. The summed E-state index contributed by atoms with van der Waals surface area (Å²) in [6.45, 7) is 6.75. The average Bonchev–Trinajstić information content (AvgIpc) is 3.20. The summed E-state index contributed by atoms with van der Waals surface area (Å²) in [5.41, 5.74) is -0.578. The number of nitrogens with zero attached hydrogens (tertiary/aromatic N) is 3. The van der Waals surface area contributed by atoms with Gasteiger partial charge in [-0.1, -0.05) is 28.1 Å². The molecule has 1 fully saturated rings. The van der Waals surface area contributed by atoms with Crippen molar-refractivity contribution in [3.63, 3.8) is 0 Å². The summed E-state index contributed by atoms with van der Waals surface area (Å²) < 4.78 is 62.4. The van der Waals surface area contributed by atoms with Crippen LogP contribution in [0.15, 0.2) is 41.5 Å². The molecule has 2 aliphatic heterocycles. The van der Waals surface area contributed by atoms with Gasteiger partial charge in [-0.15, -0.1) is 11.8 Å². The smallest absolute Gasteiger partial charge is 0.264 e. The van der Waals surface area contributed by atoms with Gasteiger partial charge in [0.15, 0.2) is 0 Å². The molecular weight excluding hydrogens is 510 g/mol. The maximum atomic E-state index is 15.0. The molecule has 0 aliphatic carbocycles. The number of hydrogen-bond acceptors (Lipinski definition) is 4. The van der Waals surface area contributed by atoms with Crippen LogP contribution in [0.5, 0.6) is 0 Å². The Bertz CT molecular complexity index is 1120. The molecule has 10 heteroatoms. The Balaban J connectivity index is 1.76. The Morgan fingerprint density at radius 3 is 2.84 bits per heavy atom. The Hall–Kier alpha value is -2.22. The van der Waals surface area contributed by atoms with Crippen molar-refractivity contribution in [2.45, 2.75) is 18.1 Å². The van der Waals surface area contributed by atoms with Gasteiger partial charge in [0.2, 0.25) is 5.69 Å². The maximum absolute atomic E-state index is 15.0. The third-order valence-corrected chi connectivity index (χ3v) is 7.49. The van der Waals surface area contributed by atoms with Gasteiger partial charge in [0.1, 0.15) is 23.3 Å². The van der Waals surface area contributed by atoms with Crippen molar-refractivity contribution in [2.24, 2.45) is 10.9 Å². The molecule has 1 aromatic heterocycles. The standard InChI is InChI=1S/C22H16BrF4N3OS/c1-28-13-3-5-18(29-9-13)17(25)7-12-2-4-16(24)14(6-12)22-11-31-20(21(26)27)15(22)10-32-19(8-23)30-22/h2-7,9,15,20-21H,8,10-11H2/b17-7-/t15-,20+,22-/m1/s1. The van der Waals surface area contributed by atoms with Crippen molar-refractivity contribution in [2.75, 3.05) is 17.7 Å². The van der Waals surface area contributed by atoms with Crippen LogP contribution in [-0.4, -0.2) is 40.2 Å². The first-order chi connectivity index (χ1) is 15.4. The second kappa shape index (κ2) is 9.33. The highest BCUT2D eigenvalue weighted by atomic mass is 79.9. The molecule has 0 spiro atoms. The third kappa shape index (κ3) is 4.21. The molecule has 4 nitrogen and oxygen atoms in total. The number of aliphatic imine (C=N–C) groups is 1. The van der Waals surface area contributed by atoms with Crippen molar-refractivity contribution in [3.05, 3.63) is 70.6 Å². The number of fused-ring (bicyclic) bond motifs is 1. The van der Waals surface area contributed by atoms with E-state index >= 15 is 4.39 Å². The summed E-state index contributed by atoms with van der Waals surface area (Å²) in [5.74, 6) is -1.71. The summed E-state index contributed by atoms with van der Waals surface area (Å²) in [7, 11) is 0. The Kier molecular flexibility index (Phi) is 6.70. The molecule has 1 aromatic carbocycles. The van der Waals surface area contributed by atoms with Gasteiger partial charge in [-0.3, -0.25) is 9.98 Å². The summed E-state index contributed by atoms with van der Waals surface area (Å²) in [6, 6.07) is 6.82. The Labute approximate surface area is 194 Å². The van der Waals surface area contributed by atoms with Crippen molar-refractivity contribution in [3.8, 4) is 0 Å². The lowest BCUT2D eigenvalue weighted by Gasteiger charge is -2.36. The molecule has 0 unspecified atom stereocenters. The molecule has 0 amide bonds. The minimum Gasteiger partial charge on any atom is -0.369 e. The van der Waals surface area contributed by atoms with Gasteiger partial charge in [-0.05, 0) is 29.8 Å². The van der Waals surface area contributed by atoms with Crippen LogP contribution in [0.4, 0.5) is 23.2 Å². The second-order valence-corrected chi connectivity index (χ2v) is 8.99. The zero-order chi connectivity index (χ0) is 22.9. The number of aromatic nitrogens is 1. The molecule has 2 aromatic rings. The van der Waals surface area contributed by atoms with E-state index in [1.807, 2.05) is 0 Å². The van der Waals surface area contributed by atoms with Crippen LogP contribution in [0.2, 0.25) is 0 Å². The van der Waals surface area contributed by atoms with E-state index in [1.165, 1.54) is 54.4 Å². The molecule has 0 bridgehead atoms. The highest BCUT2D eigenvalue weighted by molar-refractivity contribution is 9.09. The lowest BCUT2D eigenvalue weighted by Crippen LogP contribution is -2.43. The zero-order valence-electron chi connectivity index (χ0n) is 16.4. The number of hydrogen-bond donors (Lipinski definition) is 0. The minimum absolute atomic E-state index is 0.0231. The van der Waals surface area contributed by atoms with Crippen LogP contribution < -0.4 is 0 Å². The topological polar surface area (TPSA) is 38.8 Å². The predicted octanol–water partition coefficient (Wildman–Crippen LogP) is 6.25. The van der Waals surface area contributed by atoms with Gasteiger partial charge in [0, 0.05) is 23.4 Å². The lowest BCUT2D eigenvalue weighted by atomic mass is 9.78. The number of pyridine rings is 1. The Morgan fingerprint density at radius 2 is 2.19 bits per heavy atom. The van der Waals surface area contributed by atoms with Crippen LogP contribution in [0.25, 0.3) is 16.7 Å². The van der Waals surface area contributed by atoms with Crippen molar-refractivity contribution in [1.82, 2.24) is 4.98 Å². The molecule has 0 N–H and O–H groups in total. The van der Waals surface area contributed by atoms with Crippen molar-refractivity contribution < 1.29 is 22.3 Å². The van der Waals surface area contributed by atoms with Gasteiger partial charge in [-0.2, -0.15) is 0 Å². The van der Waals surface area contributed by atoms with Crippen LogP contribution in [0.1, 0.15) is 16.8 Å². The number of rotatable bonds is 5. The van der Waals surface area contributed by atoms with Crippen LogP contribution in [-0.2, 0) is 10.3 Å². The van der Waals surface area contributed by atoms with E-state index in [2.05, 4.69) is 30.8 Å². The largest absolute Gasteiger partial charge is 0.369 e. The molecule has 0 radical (unpaired) electrons. The number of halogens is 5. The van der Waals surface area contributed by atoms with E-state index in [4.69, 9.17) is 11.3 Å². The van der Waals surface area contributed by atoms with Gasteiger partial charge < -0.3 is 4.74 Å². The lowest BCUT2D eigenvalue weighted by molar-refractivity contribution is -0.0359. The van der Waals surface area contributed by atoms with E-state index < -0.39 is 35.6 Å². The fourth-order valence-corrected chi connectivity index (χ4v) is 5.69. The predicted molar refractivity (Wildman–Crippen MR) is 120 cm³/mol. The first-order valence-corrected chi connectivity index (χ1v) is 11.7. The van der Waals surface area contributed by atoms with Gasteiger partial charge in [0.05, 0.1) is 29.2 Å². The minimum atomic E-state index is -2.73. The molecule has 32 heavy (non-hydrogen) atoms. The van der Waals surface area contributed by atoms with E-state index in [0.29, 0.717) is 21.7 Å². The first-order valence-electron chi connectivity index (χ1n) is 9.56. The molecule has 1 saturated heterocycles. The summed E-state index contributed by atoms with van der Waals surface area (Å²) >= 11 is 4.67. The second-order valence-electron chi connectivity index (χ2n) is 7.34. The summed E-state index contributed by atoms with van der Waals surface area (Å²) in [4.78, 5) is 11.8. The normalized spacial score (nSPS) is 25.4. The SMILES string of the molecule is [C-]#[N+]c1ccc(/C(F)=C/c2ccc(F)c([C@]34CO[C@H](C(F)F)[C@H]3CSC(CBr)=N4)c2)nc1. The molecule has 166 valence electrons. The first kappa shape index (κ1) is 23.0. The van der Waals surface area contributed by atoms with Crippen LogP contribution in [0, 0.1) is 18.3 Å². The van der Waals surface area contributed by atoms with Gasteiger partial charge in [0.25, 0.3) is 6.43 Å². The quantitative estimate of drug-likeness (QED) is 0.263. The van der Waals surface area contributed by atoms with E-state index in [1.54, 1.807) is 0 Å². The fraction of sp³-hybridized carbons (Fsp3) is 0.318. The summed E-state index contributed by atoms with van der Waals surface area (Å²) in [5, 5.41) is 1.07. The highest BCUT2D eigenvalue weighted by Gasteiger charge is 2.56. The molecule has 2 aliphatic rings. The van der Waals surface area contributed by atoms with Crippen LogP contribution >= 0.6 is 27.7 Å². The molecule has 3 heterocycles. The van der Waals surface area contributed by atoms with Crippen molar-refractivity contribution in [1.29, 1.82) is 0 Å². The molecule has 0 saturated carbocycles. The average molecular weight is 526 g/mol. The van der Waals surface area contributed by atoms with Gasteiger partial charge >= 0.3 is 0 Å². The number of thioether (sulfide) groups is 1. The number of ether oxygens (including phenoxy) is 1. The summed E-state index contributed by atoms with van der Waals surface area (Å²) in [6.07, 6.45) is -1.65. The molecule has 4 rings (SSSR count). The fourth-order valence-electron chi connectivity index (χ4n) is 3.94. The number of alkyl halides is 3. The maximum Gasteiger partial charge on any atom is 0.264 e. The third-order valence-electron chi connectivity index (χ3n) is 5.49. The molecule has 3 atom stereocenters. The van der Waals surface area contributed by atoms with E-state index in [9.17, 15) is 13.2 Å². The highest BCUT2D eigenvalue weighted by Crippen LogP contribution is 2.50. The van der Waals surface area contributed by atoms with E-state index in [-0.39, 0.29) is 23.6 Å². The van der Waals surface area contributed by atoms with Gasteiger partial charge in [-0.25, -0.2) is 22.4 Å². The molecular formula is C22H16BrF4N3OS. The monoisotopic (exact) mass is 525 g/mol. The van der Waals surface area contributed by atoms with E-state index in [0.717, 1.165) is 0 Å². The van der Waals surface area contributed by atoms with Crippen LogP contribution in [0.3, 0.4) is 0 Å². The van der Waals surface area contributed by atoms with Crippen molar-refractivity contribution >= 4 is 50.3 Å².